The molecule has 1 aliphatic heterocycles. The van der Waals surface area contributed by atoms with Crippen LogP contribution in [0.5, 0.6) is 11.5 Å². The summed E-state index contributed by atoms with van der Waals surface area (Å²) in [5, 5.41) is 0.974. The highest BCUT2D eigenvalue weighted by atomic mass is 19.4. The molecular formula is C24H18F3N3O3. The van der Waals surface area contributed by atoms with Crippen LogP contribution in [0, 0.1) is 0 Å². The van der Waals surface area contributed by atoms with E-state index in [9.17, 15) is 18.0 Å². The first-order valence-corrected chi connectivity index (χ1v) is 10.2. The smallest absolute Gasteiger partial charge is 0.491 e. The lowest BCUT2D eigenvalue weighted by molar-refractivity contribution is -0.274. The fraction of sp³-hybridized carbons (Fsp3) is 0.167. The maximum absolute atomic E-state index is 13.2. The number of rotatable bonds is 4. The number of nitrogens with one attached hydrogen (secondary N) is 1. The molecule has 0 aliphatic carbocycles. The number of hydrogen-bond donors (Lipinski definition) is 1. The Morgan fingerprint density at radius 3 is 2.82 bits per heavy atom. The highest BCUT2D eigenvalue weighted by Gasteiger charge is 2.31. The topological polar surface area (TPSA) is 67.5 Å². The van der Waals surface area contributed by atoms with Crippen molar-refractivity contribution in [2.45, 2.75) is 12.9 Å². The van der Waals surface area contributed by atoms with Gasteiger partial charge in [0.2, 0.25) is 0 Å². The monoisotopic (exact) mass is 453 g/mol. The number of H-pyrrole nitrogens is 1. The Kier molecular flexibility index (Phi) is 5.16. The van der Waals surface area contributed by atoms with E-state index in [1.54, 1.807) is 23.2 Å². The number of nitrogens with zero attached hydrogens (tertiary/aromatic N) is 2. The second-order valence-corrected chi connectivity index (χ2v) is 7.62. The number of fused-ring (bicyclic) bond motifs is 2. The van der Waals surface area contributed by atoms with Gasteiger partial charge in [-0.05, 0) is 47.5 Å². The zero-order valence-electron chi connectivity index (χ0n) is 17.2. The van der Waals surface area contributed by atoms with Crippen molar-refractivity contribution in [3.63, 3.8) is 0 Å². The third-order valence-corrected chi connectivity index (χ3v) is 5.36. The molecule has 0 saturated carbocycles. The summed E-state index contributed by atoms with van der Waals surface area (Å²) >= 11 is 0. The average molecular weight is 453 g/mol. The summed E-state index contributed by atoms with van der Waals surface area (Å²) in [6.45, 7) is 0.687. The molecule has 3 heterocycles. The number of ether oxygens (including phenoxy) is 2. The Morgan fingerprint density at radius 2 is 1.97 bits per heavy atom. The normalized spacial score (nSPS) is 14.0. The van der Waals surface area contributed by atoms with Gasteiger partial charge in [0.25, 0.3) is 5.91 Å². The molecule has 1 aliphatic rings. The van der Waals surface area contributed by atoms with Crippen LogP contribution in [0.15, 0.2) is 67.0 Å². The molecule has 0 fully saturated rings. The van der Waals surface area contributed by atoms with E-state index in [1.165, 1.54) is 18.2 Å². The third kappa shape index (κ3) is 4.48. The zero-order valence-corrected chi connectivity index (χ0v) is 17.2. The molecule has 0 unspecified atom stereocenters. The molecular weight excluding hydrogens is 435 g/mol. The number of carbonyl (C=O) groups is 1. The van der Waals surface area contributed by atoms with Crippen LogP contribution >= 0.6 is 0 Å². The van der Waals surface area contributed by atoms with Crippen LogP contribution in [-0.2, 0) is 6.54 Å². The highest BCUT2D eigenvalue weighted by molar-refractivity contribution is 5.98. The molecule has 2 aromatic heterocycles. The molecule has 0 bridgehead atoms. The van der Waals surface area contributed by atoms with Crippen LogP contribution in [0.4, 0.5) is 13.2 Å². The van der Waals surface area contributed by atoms with Crippen LogP contribution < -0.4 is 9.47 Å². The first kappa shape index (κ1) is 20.9. The van der Waals surface area contributed by atoms with Gasteiger partial charge in [-0.1, -0.05) is 18.2 Å². The molecule has 33 heavy (non-hydrogen) atoms. The number of halogens is 3. The molecule has 2 aromatic carbocycles. The molecule has 9 heteroatoms. The van der Waals surface area contributed by atoms with Crippen molar-refractivity contribution in [3.8, 4) is 22.6 Å². The quantitative estimate of drug-likeness (QED) is 0.463. The Hall–Kier alpha value is -4.01. The lowest BCUT2D eigenvalue weighted by atomic mass is 10.0. The summed E-state index contributed by atoms with van der Waals surface area (Å²) in [5.41, 5.74) is 3.47. The third-order valence-electron chi connectivity index (χ3n) is 5.36. The van der Waals surface area contributed by atoms with E-state index in [-0.39, 0.29) is 24.8 Å². The Morgan fingerprint density at radius 1 is 1.09 bits per heavy atom. The first-order chi connectivity index (χ1) is 15.9. The van der Waals surface area contributed by atoms with Crippen LogP contribution in [0.3, 0.4) is 0 Å². The first-order valence-electron chi connectivity index (χ1n) is 10.2. The van der Waals surface area contributed by atoms with E-state index >= 15 is 0 Å². The van der Waals surface area contributed by atoms with Gasteiger partial charge in [-0.2, -0.15) is 0 Å². The summed E-state index contributed by atoms with van der Waals surface area (Å²) in [7, 11) is 0. The highest BCUT2D eigenvalue weighted by Crippen LogP contribution is 2.31. The largest absolute Gasteiger partial charge is 0.573 e. The number of pyridine rings is 1. The van der Waals surface area contributed by atoms with Gasteiger partial charge in [0.1, 0.15) is 23.8 Å². The van der Waals surface area contributed by atoms with E-state index in [0.717, 1.165) is 22.2 Å². The van der Waals surface area contributed by atoms with Crippen molar-refractivity contribution in [2.75, 3.05) is 13.2 Å². The molecule has 0 atom stereocenters. The van der Waals surface area contributed by atoms with Gasteiger partial charge in [-0.15, -0.1) is 13.2 Å². The summed E-state index contributed by atoms with van der Waals surface area (Å²) in [5.74, 6) is -0.115. The molecule has 5 rings (SSSR count). The minimum atomic E-state index is -4.78. The lowest BCUT2D eigenvalue weighted by Crippen LogP contribution is -2.31. The van der Waals surface area contributed by atoms with Crippen molar-refractivity contribution in [1.82, 2.24) is 14.9 Å². The summed E-state index contributed by atoms with van der Waals surface area (Å²) in [6, 6.07) is 14.9. The van der Waals surface area contributed by atoms with Gasteiger partial charge in [-0.25, -0.2) is 4.98 Å². The molecule has 1 N–H and O–H groups in total. The minimum Gasteiger partial charge on any atom is -0.491 e. The Bertz CT molecular complexity index is 1330. The van der Waals surface area contributed by atoms with Gasteiger partial charge in [0, 0.05) is 29.9 Å². The number of carbonyl (C=O) groups excluding carboxylic acids is 1. The predicted octanol–water partition coefficient (Wildman–Crippen LogP) is 5.16. The van der Waals surface area contributed by atoms with Crippen molar-refractivity contribution >= 4 is 16.9 Å². The number of aromatic amines is 1. The SMILES string of the molecule is O=C1c2ccc(-c3cnc4[nH]ccc4c3)cc2OCCN1Cc1cccc(OC(F)(F)F)c1. The predicted molar refractivity (Wildman–Crippen MR) is 115 cm³/mol. The standard InChI is InChI=1S/C24H18F3N3O3/c25-24(26,27)33-19-3-1-2-15(10-19)14-30-8-9-32-21-12-16(4-5-20(21)23(30)31)18-11-17-6-7-28-22(17)29-13-18/h1-7,10-13H,8-9,14H2,(H,28,29). The van der Waals surface area contributed by atoms with Crippen molar-refractivity contribution in [3.05, 3.63) is 78.1 Å². The van der Waals surface area contributed by atoms with E-state index in [2.05, 4.69) is 14.7 Å². The van der Waals surface area contributed by atoms with Gasteiger partial charge < -0.3 is 19.4 Å². The Labute approximate surface area is 186 Å². The van der Waals surface area contributed by atoms with E-state index < -0.39 is 6.36 Å². The van der Waals surface area contributed by atoms with Crippen molar-refractivity contribution < 1.29 is 27.4 Å². The summed E-state index contributed by atoms with van der Waals surface area (Å²) in [6.07, 6.45) is -1.20. The average Bonchev–Trinajstić information content (AvgIpc) is 3.19. The number of amides is 1. The number of aromatic nitrogens is 2. The molecule has 4 aromatic rings. The van der Waals surface area contributed by atoms with E-state index in [1.807, 2.05) is 30.5 Å². The Balaban J connectivity index is 1.38. The molecule has 0 saturated heterocycles. The van der Waals surface area contributed by atoms with Gasteiger partial charge >= 0.3 is 6.36 Å². The van der Waals surface area contributed by atoms with Crippen LogP contribution in [-0.4, -0.2) is 40.3 Å². The molecule has 168 valence electrons. The zero-order chi connectivity index (χ0) is 23.0. The maximum atomic E-state index is 13.2. The maximum Gasteiger partial charge on any atom is 0.573 e. The molecule has 1 amide bonds. The van der Waals surface area contributed by atoms with Crippen LogP contribution in [0.1, 0.15) is 15.9 Å². The van der Waals surface area contributed by atoms with Gasteiger partial charge in [-0.3, -0.25) is 4.79 Å². The fourth-order valence-electron chi connectivity index (χ4n) is 3.85. The number of hydrogen-bond acceptors (Lipinski definition) is 4. The fourth-order valence-corrected chi connectivity index (χ4v) is 3.85. The van der Waals surface area contributed by atoms with Crippen LogP contribution in [0.2, 0.25) is 0 Å². The second kappa shape index (κ2) is 8.16. The van der Waals surface area contributed by atoms with E-state index in [4.69, 9.17) is 4.74 Å². The van der Waals surface area contributed by atoms with Gasteiger partial charge in [0.05, 0.1) is 12.1 Å². The molecule has 0 spiro atoms. The number of benzene rings is 2. The minimum absolute atomic E-state index is 0.131. The molecule has 6 nitrogen and oxygen atoms in total. The molecule has 0 radical (unpaired) electrons. The van der Waals surface area contributed by atoms with Crippen LogP contribution in [0.25, 0.3) is 22.2 Å². The van der Waals surface area contributed by atoms with Gasteiger partial charge in [0.15, 0.2) is 0 Å². The van der Waals surface area contributed by atoms with Crippen molar-refractivity contribution in [1.29, 1.82) is 0 Å². The summed E-state index contributed by atoms with van der Waals surface area (Å²) < 4.78 is 47.4. The second-order valence-electron chi connectivity index (χ2n) is 7.62. The summed E-state index contributed by atoms with van der Waals surface area (Å²) in [4.78, 5) is 22.2. The number of alkyl halides is 3. The van der Waals surface area contributed by atoms with E-state index in [0.29, 0.717) is 23.4 Å². The van der Waals surface area contributed by atoms with Crippen molar-refractivity contribution in [2.24, 2.45) is 0 Å². The lowest BCUT2D eigenvalue weighted by Gasteiger charge is -2.20.